The van der Waals surface area contributed by atoms with Crippen molar-refractivity contribution in [1.29, 1.82) is 0 Å². The number of hydrazone groups is 1. The predicted octanol–water partition coefficient (Wildman–Crippen LogP) is 4.84. The van der Waals surface area contributed by atoms with E-state index in [-0.39, 0.29) is 5.91 Å². The molecule has 5 nitrogen and oxygen atoms in total. The Morgan fingerprint density at radius 2 is 1.67 bits per heavy atom. The molecule has 0 aromatic heterocycles. The summed E-state index contributed by atoms with van der Waals surface area (Å²) in [5, 5.41) is 4.02. The van der Waals surface area contributed by atoms with Gasteiger partial charge in [-0.25, -0.2) is 5.43 Å². The van der Waals surface area contributed by atoms with E-state index < -0.39 is 6.10 Å². The topological polar surface area (TPSA) is 59.9 Å². The lowest BCUT2D eigenvalue weighted by Crippen LogP contribution is -2.33. The number of ether oxygens (including phenoxy) is 2. The molecule has 3 aromatic carbocycles. The molecule has 0 unspecified atom stereocenters. The number of nitrogens with one attached hydrogen (secondary N) is 1. The van der Waals surface area contributed by atoms with Crippen molar-refractivity contribution in [2.75, 3.05) is 6.61 Å². The van der Waals surface area contributed by atoms with Gasteiger partial charge in [-0.05, 0) is 42.3 Å². The Morgan fingerprint density at radius 1 is 1.00 bits per heavy atom. The second-order valence-electron chi connectivity index (χ2n) is 6.52. The Hall–Kier alpha value is -3.86. The molecule has 1 amide bonds. The van der Waals surface area contributed by atoms with E-state index in [1.165, 1.54) is 6.21 Å². The first-order valence-electron chi connectivity index (χ1n) is 9.65. The zero-order chi connectivity index (χ0) is 21.2. The van der Waals surface area contributed by atoms with E-state index in [4.69, 9.17) is 9.47 Å². The fourth-order valence-corrected chi connectivity index (χ4v) is 2.74. The van der Waals surface area contributed by atoms with Gasteiger partial charge in [-0.15, -0.1) is 0 Å². The van der Waals surface area contributed by atoms with Crippen molar-refractivity contribution in [2.24, 2.45) is 5.10 Å². The molecular formula is C25H24N2O3. The molecule has 0 aliphatic rings. The third-order valence-corrected chi connectivity index (χ3v) is 4.30. The van der Waals surface area contributed by atoms with Crippen molar-refractivity contribution in [3.05, 3.63) is 97.1 Å². The van der Waals surface area contributed by atoms with Crippen LogP contribution in [0.5, 0.6) is 11.5 Å². The molecule has 1 N–H and O–H groups in total. The van der Waals surface area contributed by atoms with Crippen molar-refractivity contribution in [2.45, 2.75) is 13.0 Å². The average molecular weight is 400 g/mol. The fourth-order valence-electron chi connectivity index (χ4n) is 2.74. The number of hydrogen-bond donors (Lipinski definition) is 1. The van der Waals surface area contributed by atoms with E-state index in [1.54, 1.807) is 13.0 Å². The zero-order valence-electron chi connectivity index (χ0n) is 16.8. The highest BCUT2D eigenvalue weighted by Gasteiger charge is 2.14. The van der Waals surface area contributed by atoms with Gasteiger partial charge in [0.05, 0.1) is 6.21 Å². The number of benzene rings is 3. The van der Waals surface area contributed by atoms with Crippen LogP contribution in [0.3, 0.4) is 0 Å². The monoisotopic (exact) mass is 400 g/mol. The Bertz CT molecular complexity index is 998. The van der Waals surface area contributed by atoms with Crippen LogP contribution in [-0.2, 0) is 4.79 Å². The normalized spacial score (nSPS) is 11.6. The van der Waals surface area contributed by atoms with Gasteiger partial charge in [0.1, 0.15) is 18.1 Å². The van der Waals surface area contributed by atoms with Crippen molar-refractivity contribution < 1.29 is 14.3 Å². The van der Waals surface area contributed by atoms with Gasteiger partial charge in [-0.3, -0.25) is 4.79 Å². The smallest absolute Gasteiger partial charge is 0.280 e. The van der Waals surface area contributed by atoms with Crippen molar-refractivity contribution in [3.63, 3.8) is 0 Å². The van der Waals surface area contributed by atoms with Gasteiger partial charge in [0.15, 0.2) is 6.10 Å². The summed E-state index contributed by atoms with van der Waals surface area (Å²) < 4.78 is 11.3. The minimum atomic E-state index is -0.697. The molecule has 152 valence electrons. The van der Waals surface area contributed by atoms with Crippen LogP contribution in [0.15, 0.2) is 96.6 Å². The third kappa shape index (κ3) is 5.82. The van der Waals surface area contributed by atoms with E-state index >= 15 is 0 Å². The van der Waals surface area contributed by atoms with Crippen LogP contribution in [-0.4, -0.2) is 24.8 Å². The molecule has 3 aromatic rings. The lowest BCUT2D eigenvalue weighted by Gasteiger charge is -2.13. The van der Waals surface area contributed by atoms with Crippen LogP contribution >= 0.6 is 0 Å². The van der Waals surface area contributed by atoms with Crippen LogP contribution in [0.1, 0.15) is 12.5 Å². The van der Waals surface area contributed by atoms with E-state index in [2.05, 4.69) is 17.1 Å². The van der Waals surface area contributed by atoms with Crippen molar-refractivity contribution in [1.82, 2.24) is 5.43 Å². The Balaban J connectivity index is 1.55. The first-order valence-corrected chi connectivity index (χ1v) is 9.65. The highest BCUT2D eigenvalue weighted by atomic mass is 16.5. The van der Waals surface area contributed by atoms with Crippen LogP contribution in [0.25, 0.3) is 11.1 Å². The molecule has 0 spiro atoms. The quantitative estimate of drug-likeness (QED) is 0.318. The molecule has 0 aliphatic heterocycles. The van der Waals surface area contributed by atoms with Crippen LogP contribution in [0.4, 0.5) is 0 Å². The largest absolute Gasteiger partial charge is 0.489 e. The van der Waals surface area contributed by atoms with E-state index in [9.17, 15) is 4.79 Å². The molecule has 30 heavy (non-hydrogen) atoms. The lowest BCUT2D eigenvalue weighted by atomic mass is 10.1. The molecule has 1 atom stereocenters. The van der Waals surface area contributed by atoms with E-state index in [0.717, 1.165) is 16.7 Å². The summed E-state index contributed by atoms with van der Waals surface area (Å²) in [7, 11) is 0. The summed E-state index contributed by atoms with van der Waals surface area (Å²) >= 11 is 0. The number of hydrogen-bond acceptors (Lipinski definition) is 4. The average Bonchev–Trinajstić information content (AvgIpc) is 2.79. The second kappa shape index (κ2) is 10.6. The summed E-state index contributed by atoms with van der Waals surface area (Å²) in [6.07, 6.45) is 2.51. The molecule has 3 rings (SSSR count). The molecule has 0 aliphatic carbocycles. The summed E-state index contributed by atoms with van der Waals surface area (Å²) in [5.41, 5.74) is 5.47. The van der Waals surface area contributed by atoms with Gasteiger partial charge in [-0.1, -0.05) is 67.3 Å². The number of carbonyl (C=O) groups is 1. The molecule has 0 bridgehead atoms. The predicted molar refractivity (Wildman–Crippen MR) is 120 cm³/mol. The standard InChI is InChI=1S/C25H24N2O3/c1-3-17-29-24-12-8-7-11-22(24)18-26-27-25(28)19(2)30-23-15-13-21(14-16-23)20-9-5-4-6-10-20/h3-16,18-19H,1,17H2,2H3,(H,27,28)/b26-18-/t19-/m1/s1. The number of para-hydroxylation sites is 1. The maximum Gasteiger partial charge on any atom is 0.280 e. The highest BCUT2D eigenvalue weighted by Crippen LogP contribution is 2.22. The zero-order valence-corrected chi connectivity index (χ0v) is 16.8. The maximum absolute atomic E-state index is 12.3. The number of rotatable bonds is 9. The van der Waals surface area contributed by atoms with Gasteiger partial charge in [0.2, 0.25) is 0 Å². The summed E-state index contributed by atoms with van der Waals surface area (Å²) in [6.45, 7) is 5.71. The molecule has 5 heteroatoms. The molecule has 0 heterocycles. The summed E-state index contributed by atoms with van der Waals surface area (Å²) in [4.78, 5) is 12.3. The van der Waals surface area contributed by atoms with Crippen LogP contribution in [0, 0.1) is 0 Å². The number of carbonyl (C=O) groups excluding carboxylic acids is 1. The number of nitrogens with zero attached hydrogens (tertiary/aromatic N) is 1. The van der Waals surface area contributed by atoms with Crippen molar-refractivity contribution in [3.8, 4) is 22.6 Å². The number of amides is 1. The third-order valence-electron chi connectivity index (χ3n) is 4.30. The SMILES string of the molecule is C=CCOc1ccccc1/C=N\NC(=O)[C@@H](C)Oc1ccc(-c2ccccc2)cc1. The maximum atomic E-state index is 12.3. The molecular weight excluding hydrogens is 376 g/mol. The Kier molecular flexibility index (Phi) is 7.39. The Labute approximate surface area is 176 Å². The first-order chi connectivity index (χ1) is 14.7. The van der Waals surface area contributed by atoms with E-state index in [1.807, 2.05) is 78.9 Å². The Morgan fingerprint density at radius 3 is 2.40 bits per heavy atom. The molecule has 0 radical (unpaired) electrons. The fraction of sp³-hybridized carbons (Fsp3) is 0.120. The molecule has 0 saturated carbocycles. The van der Waals surface area contributed by atoms with Crippen LogP contribution < -0.4 is 14.9 Å². The van der Waals surface area contributed by atoms with Gasteiger partial charge < -0.3 is 9.47 Å². The highest BCUT2D eigenvalue weighted by molar-refractivity contribution is 5.86. The minimum Gasteiger partial charge on any atom is -0.489 e. The minimum absolute atomic E-state index is 0.345. The van der Waals surface area contributed by atoms with Gasteiger partial charge >= 0.3 is 0 Å². The second-order valence-corrected chi connectivity index (χ2v) is 6.52. The molecule has 0 saturated heterocycles. The van der Waals surface area contributed by atoms with Gasteiger partial charge in [0.25, 0.3) is 5.91 Å². The van der Waals surface area contributed by atoms with Gasteiger partial charge in [-0.2, -0.15) is 5.10 Å². The van der Waals surface area contributed by atoms with Crippen molar-refractivity contribution >= 4 is 12.1 Å². The van der Waals surface area contributed by atoms with Gasteiger partial charge in [0, 0.05) is 5.56 Å². The summed E-state index contributed by atoms with van der Waals surface area (Å²) in [5.74, 6) is 0.936. The van der Waals surface area contributed by atoms with E-state index in [0.29, 0.717) is 18.1 Å². The lowest BCUT2D eigenvalue weighted by molar-refractivity contribution is -0.127. The first kappa shape index (κ1) is 20.9. The molecule has 0 fully saturated rings. The summed E-state index contributed by atoms with van der Waals surface area (Å²) in [6, 6.07) is 25.1. The van der Waals surface area contributed by atoms with Crippen LogP contribution in [0.2, 0.25) is 0 Å².